The van der Waals surface area contributed by atoms with E-state index in [9.17, 15) is 4.21 Å². The summed E-state index contributed by atoms with van der Waals surface area (Å²) in [7, 11) is -0.938. The molecule has 0 aliphatic carbocycles. The molecule has 26 heavy (non-hydrogen) atoms. The second-order valence-corrected chi connectivity index (χ2v) is 10.6. The second-order valence-electron chi connectivity index (χ2n) is 8.15. The first kappa shape index (κ1) is 16.6. The molecule has 5 rings (SSSR count). The maximum absolute atomic E-state index is 13.3. The third-order valence-corrected chi connectivity index (χ3v) is 8.97. The Hall–Kier alpha value is -1.52. The number of hydrogen-bond acceptors (Lipinski definition) is 3. The van der Waals surface area contributed by atoms with Gasteiger partial charge in [-0.2, -0.15) is 0 Å². The number of rotatable bonds is 0. The highest BCUT2D eigenvalue weighted by atomic mass is 32.2. The van der Waals surface area contributed by atoms with Gasteiger partial charge in [0.1, 0.15) is 0 Å². The van der Waals surface area contributed by atoms with E-state index in [0.29, 0.717) is 5.92 Å². The van der Waals surface area contributed by atoms with Crippen molar-refractivity contribution in [3.63, 3.8) is 0 Å². The number of nitrogens with one attached hydrogen (secondary N) is 1. The Morgan fingerprint density at radius 1 is 1.19 bits per heavy atom. The maximum Gasteiger partial charge on any atom is 0.0542 e. The van der Waals surface area contributed by atoms with Crippen LogP contribution in [0.15, 0.2) is 52.9 Å². The molecule has 4 heteroatoms. The van der Waals surface area contributed by atoms with Crippen molar-refractivity contribution in [2.45, 2.75) is 37.1 Å². The van der Waals surface area contributed by atoms with Crippen LogP contribution < -0.4 is 5.32 Å². The van der Waals surface area contributed by atoms with E-state index in [1.54, 1.807) is 0 Å². The smallest absolute Gasteiger partial charge is 0.0542 e. The Labute approximate surface area is 161 Å². The molecule has 0 aromatic heterocycles. The van der Waals surface area contributed by atoms with E-state index < -0.39 is 10.8 Å². The molecule has 3 atom stereocenters. The predicted octanol–water partition coefficient (Wildman–Crippen LogP) is 4.96. The topological polar surface area (TPSA) is 29.1 Å². The van der Waals surface area contributed by atoms with Gasteiger partial charge in [-0.05, 0) is 41.2 Å². The van der Waals surface area contributed by atoms with Crippen molar-refractivity contribution >= 4 is 33.2 Å². The number of thioether (sulfide) groups is 1. The van der Waals surface area contributed by atoms with Gasteiger partial charge in [0.2, 0.25) is 0 Å². The first-order valence-electron chi connectivity index (χ1n) is 9.18. The third-order valence-electron chi connectivity index (χ3n) is 6.25. The van der Waals surface area contributed by atoms with Crippen LogP contribution in [0.5, 0.6) is 0 Å². The highest BCUT2D eigenvalue weighted by molar-refractivity contribution is 8.00. The lowest BCUT2D eigenvalue weighted by molar-refractivity contribution is 0.312. The van der Waals surface area contributed by atoms with Gasteiger partial charge in [-0.3, -0.25) is 4.21 Å². The minimum atomic E-state index is -0.938. The Kier molecular flexibility index (Phi) is 3.67. The highest BCUT2D eigenvalue weighted by Crippen LogP contribution is 2.52. The summed E-state index contributed by atoms with van der Waals surface area (Å²) in [5, 5.41) is 3.84. The molecule has 0 fully saturated rings. The zero-order valence-corrected chi connectivity index (χ0v) is 17.0. The molecule has 0 radical (unpaired) electrons. The first-order chi connectivity index (χ1) is 12.5. The normalized spacial score (nSPS) is 28.3. The van der Waals surface area contributed by atoms with Gasteiger partial charge >= 0.3 is 0 Å². The fraction of sp³-hybridized carbons (Fsp3) is 0.364. The van der Waals surface area contributed by atoms with Gasteiger partial charge in [0.15, 0.2) is 0 Å². The fourth-order valence-corrected chi connectivity index (χ4v) is 8.09. The van der Waals surface area contributed by atoms with E-state index in [2.05, 4.69) is 68.6 Å². The minimum Gasteiger partial charge on any atom is -0.378 e. The molecule has 3 heterocycles. The summed E-state index contributed by atoms with van der Waals surface area (Å²) < 4.78 is 13.3. The number of anilines is 1. The van der Waals surface area contributed by atoms with Gasteiger partial charge in [-0.1, -0.05) is 44.2 Å². The van der Waals surface area contributed by atoms with Crippen molar-refractivity contribution in [1.29, 1.82) is 0 Å². The molecule has 2 aromatic rings. The van der Waals surface area contributed by atoms with Crippen LogP contribution in [0.4, 0.5) is 5.69 Å². The average molecular weight is 382 g/mol. The van der Waals surface area contributed by atoms with E-state index in [4.69, 9.17) is 0 Å². The summed E-state index contributed by atoms with van der Waals surface area (Å²) in [6.07, 6.45) is 0. The lowest BCUT2D eigenvalue weighted by atomic mass is 9.66. The van der Waals surface area contributed by atoms with Crippen molar-refractivity contribution in [3.05, 3.63) is 64.7 Å². The number of benzene rings is 2. The van der Waals surface area contributed by atoms with Gasteiger partial charge in [-0.25, -0.2) is 0 Å². The summed E-state index contributed by atoms with van der Waals surface area (Å²) >= 11 is 1.88. The Bertz CT molecular complexity index is 976. The van der Waals surface area contributed by atoms with Crippen LogP contribution in [-0.4, -0.2) is 21.8 Å². The molecule has 0 spiro atoms. The van der Waals surface area contributed by atoms with E-state index >= 15 is 0 Å². The van der Waals surface area contributed by atoms with Gasteiger partial charge in [-0.15, -0.1) is 11.8 Å². The number of fused-ring (bicyclic) bond motifs is 5. The summed E-state index contributed by atoms with van der Waals surface area (Å²) in [4.78, 5) is 2.37. The molecule has 3 aliphatic rings. The molecule has 0 amide bonds. The summed E-state index contributed by atoms with van der Waals surface area (Å²) in [6.45, 7) is 6.80. The first-order valence-corrected chi connectivity index (χ1v) is 11.5. The standard InChI is InChI=1S/C22H23NOS2/c1-13-8-9-16-18(10-13)23-20-15-11-25-19-7-5-4-6-14(19)21(15)26(24)12-17(20)22(16,2)3/h4-10,17,20,23H,11-12H2,1-3H3. The second kappa shape index (κ2) is 5.74. The van der Waals surface area contributed by atoms with Crippen LogP contribution in [0.2, 0.25) is 0 Å². The van der Waals surface area contributed by atoms with Gasteiger partial charge in [0.05, 0.1) is 16.8 Å². The predicted molar refractivity (Wildman–Crippen MR) is 112 cm³/mol. The highest BCUT2D eigenvalue weighted by Gasteiger charge is 2.48. The van der Waals surface area contributed by atoms with Crippen molar-refractivity contribution < 1.29 is 4.21 Å². The molecule has 0 saturated heterocycles. The van der Waals surface area contributed by atoms with Crippen molar-refractivity contribution in [3.8, 4) is 0 Å². The van der Waals surface area contributed by atoms with Gasteiger partial charge in [0, 0.05) is 38.5 Å². The number of aryl methyl sites for hydroxylation is 1. The van der Waals surface area contributed by atoms with Crippen LogP contribution >= 0.6 is 11.8 Å². The zero-order chi connectivity index (χ0) is 18.1. The van der Waals surface area contributed by atoms with E-state index in [0.717, 1.165) is 16.4 Å². The third kappa shape index (κ3) is 2.28. The summed E-state index contributed by atoms with van der Waals surface area (Å²) in [5.74, 6) is 2.02. The molecule has 3 aliphatic heterocycles. The van der Waals surface area contributed by atoms with Crippen LogP contribution in [-0.2, 0) is 16.2 Å². The molecule has 134 valence electrons. The molecule has 2 aromatic carbocycles. The lowest BCUT2D eigenvalue weighted by Gasteiger charge is -2.50. The quantitative estimate of drug-likeness (QED) is 0.699. The zero-order valence-electron chi connectivity index (χ0n) is 15.3. The van der Waals surface area contributed by atoms with Crippen molar-refractivity contribution in [1.82, 2.24) is 0 Å². The lowest BCUT2D eigenvalue weighted by Crippen LogP contribution is -2.52. The van der Waals surface area contributed by atoms with Crippen LogP contribution in [0, 0.1) is 12.8 Å². The monoisotopic (exact) mass is 381 g/mol. The molecular weight excluding hydrogens is 358 g/mol. The van der Waals surface area contributed by atoms with Crippen molar-refractivity contribution in [2.24, 2.45) is 5.92 Å². The molecule has 0 saturated carbocycles. The summed E-state index contributed by atoms with van der Waals surface area (Å²) in [5.41, 5.74) is 6.43. The van der Waals surface area contributed by atoms with Crippen LogP contribution in [0.3, 0.4) is 0 Å². The van der Waals surface area contributed by atoms with Gasteiger partial charge < -0.3 is 5.32 Å². The van der Waals surface area contributed by atoms with Gasteiger partial charge in [0.25, 0.3) is 0 Å². The average Bonchev–Trinajstić information content (AvgIpc) is 2.62. The fourth-order valence-electron chi connectivity index (χ4n) is 4.78. The Morgan fingerprint density at radius 3 is 2.85 bits per heavy atom. The summed E-state index contributed by atoms with van der Waals surface area (Å²) in [6, 6.07) is 15.4. The van der Waals surface area contributed by atoms with Crippen LogP contribution in [0.1, 0.15) is 30.5 Å². The molecule has 0 bridgehead atoms. The van der Waals surface area contributed by atoms with E-state index in [1.807, 2.05) is 11.8 Å². The molecule has 2 nitrogen and oxygen atoms in total. The van der Waals surface area contributed by atoms with E-state index in [1.165, 1.54) is 32.8 Å². The number of hydrogen-bond donors (Lipinski definition) is 1. The maximum atomic E-state index is 13.3. The molecular formula is C22H23NOS2. The Morgan fingerprint density at radius 2 is 2.00 bits per heavy atom. The minimum absolute atomic E-state index is 0.00870. The molecule has 1 N–H and O–H groups in total. The van der Waals surface area contributed by atoms with Crippen molar-refractivity contribution in [2.75, 3.05) is 16.8 Å². The van der Waals surface area contributed by atoms with E-state index in [-0.39, 0.29) is 11.5 Å². The largest absolute Gasteiger partial charge is 0.378 e. The SMILES string of the molecule is Cc1ccc2c(c1)NC1C3=C(c4ccccc4SC3)S(=O)CC1C2(C)C. The van der Waals surface area contributed by atoms with Crippen LogP contribution in [0.25, 0.3) is 4.91 Å². The Balaban J connectivity index is 1.70. The molecule has 3 unspecified atom stereocenters.